The number of halogens is 1. The van der Waals surface area contributed by atoms with E-state index in [-0.39, 0.29) is 28.7 Å². The number of carboxylic acid groups (broad SMARTS) is 1. The van der Waals surface area contributed by atoms with E-state index in [2.05, 4.69) is 0 Å². The Balaban J connectivity index is 1.28. The van der Waals surface area contributed by atoms with Crippen LogP contribution in [0, 0.1) is 11.2 Å². The number of likely N-dealkylation sites (tertiary alicyclic amines) is 1. The fraction of sp³-hybridized carbons (Fsp3) is 0.462. The van der Waals surface area contributed by atoms with Crippen molar-refractivity contribution in [2.45, 2.75) is 44.1 Å². The van der Waals surface area contributed by atoms with Crippen molar-refractivity contribution in [3.63, 3.8) is 0 Å². The van der Waals surface area contributed by atoms with Gasteiger partial charge in [-0.05, 0) is 66.7 Å². The molecule has 3 aliphatic rings. The molecule has 7 heteroatoms. The predicted molar refractivity (Wildman–Crippen MR) is 120 cm³/mol. The molecule has 2 saturated heterocycles. The van der Waals surface area contributed by atoms with Crippen LogP contribution in [0.5, 0.6) is 5.75 Å². The van der Waals surface area contributed by atoms with E-state index in [1.807, 2.05) is 29.2 Å². The van der Waals surface area contributed by atoms with E-state index in [1.165, 1.54) is 18.7 Å². The zero-order valence-electron chi connectivity index (χ0n) is 18.7. The Kier molecular flexibility index (Phi) is 5.60. The monoisotopic (exact) mass is 453 g/mol. The lowest BCUT2D eigenvalue weighted by molar-refractivity contribution is -0.142. The van der Waals surface area contributed by atoms with E-state index in [9.17, 15) is 19.1 Å². The lowest BCUT2D eigenvalue weighted by Gasteiger charge is -2.34. The third-order valence-electron chi connectivity index (χ3n) is 7.58. The Morgan fingerprint density at radius 3 is 2.52 bits per heavy atom. The van der Waals surface area contributed by atoms with E-state index in [4.69, 9.17) is 9.47 Å². The average molecular weight is 454 g/mol. The Morgan fingerprint density at radius 2 is 1.91 bits per heavy atom. The number of ether oxygens (including phenoxy) is 2. The van der Waals surface area contributed by atoms with Gasteiger partial charge in [0.25, 0.3) is 5.91 Å². The summed E-state index contributed by atoms with van der Waals surface area (Å²) in [5.74, 6) is -1.23. The predicted octanol–water partition coefficient (Wildman–Crippen LogP) is 4.47. The summed E-state index contributed by atoms with van der Waals surface area (Å²) < 4.78 is 25.1. The van der Waals surface area contributed by atoms with Crippen molar-refractivity contribution in [1.29, 1.82) is 0 Å². The van der Waals surface area contributed by atoms with Crippen molar-refractivity contribution in [1.82, 2.24) is 4.90 Å². The summed E-state index contributed by atoms with van der Waals surface area (Å²) in [6.45, 7) is 2.25. The van der Waals surface area contributed by atoms with Crippen molar-refractivity contribution in [3.8, 4) is 16.9 Å². The van der Waals surface area contributed by atoms with Crippen LogP contribution in [0.3, 0.4) is 0 Å². The lowest BCUT2D eigenvalue weighted by Crippen LogP contribution is -2.44. The normalized spacial score (nSPS) is 23.5. The molecule has 2 aromatic carbocycles. The Bertz CT molecular complexity index is 1070. The van der Waals surface area contributed by atoms with E-state index in [0.717, 1.165) is 51.3 Å². The molecule has 33 heavy (non-hydrogen) atoms. The van der Waals surface area contributed by atoms with E-state index >= 15 is 0 Å². The maximum Gasteiger partial charge on any atom is 0.335 e. The van der Waals surface area contributed by atoms with Gasteiger partial charge in [-0.15, -0.1) is 0 Å². The molecule has 1 aliphatic carbocycles. The molecule has 1 amide bonds. The third kappa shape index (κ3) is 3.99. The summed E-state index contributed by atoms with van der Waals surface area (Å²) in [5.41, 5.74) is 2.50. The second-order valence-electron chi connectivity index (χ2n) is 9.41. The lowest BCUT2D eigenvalue weighted by atomic mass is 9.88. The number of hydrogen-bond donors (Lipinski definition) is 1. The number of carbonyl (C=O) groups excluding carboxylic acids is 1. The van der Waals surface area contributed by atoms with Crippen LogP contribution in [0.4, 0.5) is 4.39 Å². The number of hydrogen-bond acceptors (Lipinski definition) is 4. The first-order chi connectivity index (χ1) is 15.9. The molecule has 6 nitrogen and oxygen atoms in total. The zero-order chi connectivity index (χ0) is 23.2. The fourth-order valence-corrected chi connectivity index (χ4v) is 5.55. The number of carbonyl (C=O) groups is 2. The van der Waals surface area contributed by atoms with Crippen LogP contribution >= 0.6 is 0 Å². The smallest absolute Gasteiger partial charge is 0.335 e. The van der Waals surface area contributed by atoms with Crippen molar-refractivity contribution < 1.29 is 28.6 Å². The van der Waals surface area contributed by atoms with Crippen LogP contribution in [-0.2, 0) is 9.53 Å². The Morgan fingerprint density at radius 1 is 1.18 bits per heavy atom. The molecule has 2 heterocycles. The zero-order valence-corrected chi connectivity index (χ0v) is 18.7. The minimum absolute atomic E-state index is 0.0407. The highest BCUT2D eigenvalue weighted by Crippen LogP contribution is 2.65. The molecule has 1 N–H and O–H groups in total. The molecule has 2 unspecified atom stereocenters. The molecular formula is C26H28FNO5. The average Bonchev–Trinajstić information content (AvgIpc) is 3.24. The summed E-state index contributed by atoms with van der Waals surface area (Å²) in [5, 5.41) is 9.29. The van der Waals surface area contributed by atoms with Crippen LogP contribution in [0.1, 0.15) is 53.9 Å². The number of nitrogens with zero attached hydrogens (tertiary/aromatic N) is 1. The van der Waals surface area contributed by atoms with E-state index in [1.54, 1.807) is 0 Å². The number of rotatable bonds is 5. The van der Waals surface area contributed by atoms with Crippen molar-refractivity contribution in [2.75, 3.05) is 26.8 Å². The number of aromatic carboxylic acids is 1. The Labute approximate surface area is 192 Å². The van der Waals surface area contributed by atoms with Gasteiger partial charge in [0.2, 0.25) is 0 Å². The Hall–Kier alpha value is -2.93. The number of benzene rings is 2. The molecule has 1 saturated carbocycles. The molecule has 0 aromatic heterocycles. The van der Waals surface area contributed by atoms with Crippen LogP contribution in [-0.4, -0.2) is 54.8 Å². The summed E-state index contributed by atoms with van der Waals surface area (Å²) in [6.07, 6.45) is 4.66. The van der Waals surface area contributed by atoms with Crippen LogP contribution < -0.4 is 4.74 Å². The molecule has 2 aliphatic heterocycles. The summed E-state index contributed by atoms with van der Waals surface area (Å²) in [4.78, 5) is 26.0. The van der Waals surface area contributed by atoms with Crippen LogP contribution in [0.15, 0.2) is 36.4 Å². The minimum Gasteiger partial charge on any atom is -0.493 e. The minimum atomic E-state index is -1.18. The van der Waals surface area contributed by atoms with Gasteiger partial charge in [-0.25, -0.2) is 9.18 Å². The summed E-state index contributed by atoms with van der Waals surface area (Å²) >= 11 is 0. The van der Waals surface area contributed by atoms with Crippen molar-refractivity contribution >= 4 is 11.9 Å². The topological polar surface area (TPSA) is 76.1 Å². The first-order valence-corrected chi connectivity index (χ1v) is 11.5. The SMILES string of the molecule is COc1c(F)cc(C(=O)O)cc1-c1ccc(C2CC23CCN(C(=O)C2CCCO2)CC3)cc1. The van der Waals surface area contributed by atoms with E-state index in [0.29, 0.717) is 23.7 Å². The number of amides is 1. The van der Waals surface area contributed by atoms with Gasteiger partial charge in [0, 0.05) is 25.3 Å². The first kappa shape index (κ1) is 21.9. The largest absolute Gasteiger partial charge is 0.493 e. The van der Waals surface area contributed by atoms with E-state index < -0.39 is 11.8 Å². The second kappa shape index (κ2) is 8.45. The van der Waals surface area contributed by atoms with Gasteiger partial charge < -0.3 is 19.5 Å². The van der Waals surface area contributed by atoms with Crippen LogP contribution in [0.2, 0.25) is 0 Å². The molecule has 0 bridgehead atoms. The quantitative estimate of drug-likeness (QED) is 0.723. The van der Waals surface area contributed by atoms with Crippen molar-refractivity contribution in [3.05, 3.63) is 53.3 Å². The van der Waals surface area contributed by atoms with Gasteiger partial charge >= 0.3 is 5.97 Å². The molecule has 5 rings (SSSR count). The number of piperidine rings is 1. The fourth-order valence-electron chi connectivity index (χ4n) is 5.55. The van der Waals surface area contributed by atoms with Gasteiger partial charge in [-0.2, -0.15) is 0 Å². The summed E-state index contributed by atoms with van der Waals surface area (Å²) in [7, 11) is 1.38. The van der Waals surface area contributed by atoms with Gasteiger partial charge in [-0.3, -0.25) is 4.79 Å². The molecule has 3 fully saturated rings. The highest BCUT2D eigenvalue weighted by molar-refractivity contribution is 5.90. The molecule has 0 radical (unpaired) electrons. The van der Waals surface area contributed by atoms with Gasteiger partial charge in [-0.1, -0.05) is 24.3 Å². The maximum atomic E-state index is 14.4. The molecule has 1 spiro atoms. The molecule has 2 atom stereocenters. The molecule has 174 valence electrons. The highest BCUT2D eigenvalue weighted by atomic mass is 19.1. The molecular weight excluding hydrogens is 425 g/mol. The standard InChI is InChI=1S/C26H28FNO5/c1-32-23-19(13-18(25(30)31)14-21(23)27)16-4-6-17(7-5-16)20-15-26(20)8-10-28(11-9-26)24(29)22-3-2-12-33-22/h4-7,13-14,20,22H,2-3,8-12,15H2,1H3,(H,30,31). The van der Waals surface area contributed by atoms with Gasteiger partial charge in [0.1, 0.15) is 6.10 Å². The van der Waals surface area contributed by atoms with Crippen molar-refractivity contribution in [2.24, 2.45) is 5.41 Å². The van der Waals surface area contributed by atoms with Gasteiger partial charge in [0.05, 0.1) is 12.7 Å². The highest BCUT2D eigenvalue weighted by Gasteiger charge is 2.55. The number of methoxy groups -OCH3 is 1. The summed E-state index contributed by atoms with van der Waals surface area (Å²) in [6, 6.07) is 10.3. The van der Waals surface area contributed by atoms with Gasteiger partial charge in [0.15, 0.2) is 11.6 Å². The van der Waals surface area contributed by atoms with Crippen LogP contribution in [0.25, 0.3) is 11.1 Å². The third-order valence-corrected chi connectivity index (χ3v) is 7.58. The maximum absolute atomic E-state index is 14.4. The number of carboxylic acids is 1. The first-order valence-electron chi connectivity index (χ1n) is 11.5. The second-order valence-corrected chi connectivity index (χ2v) is 9.41. The molecule has 2 aromatic rings.